The summed E-state index contributed by atoms with van der Waals surface area (Å²) in [7, 11) is 1.63. The van der Waals surface area contributed by atoms with Crippen molar-refractivity contribution in [3.63, 3.8) is 0 Å². The molecule has 0 radical (unpaired) electrons. The maximum Gasteiger partial charge on any atom is 0.175 e. The zero-order chi connectivity index (χ0) is 15.2. The average Bonchev–Trinajstić information content (AvgIpc) is 2.46. The molecule has 5 heteroatoms. The van der Waals surface area contributed by atoms with Gasteiger partial charge in [-0.15, -0.1) is 0 Å². The number of rotatable bonds is 6. The van der Waals surface area contributed by atoms with Crippen LogP contribution in [-0.2, 0) is 13.0 Å². The summed E-state index contributed by atoms with van der Waals surface area (Å²) in [6.45, 7) is 1.02. The first-order valence-corrected chi connectivity index (χ1v) is 7.75. The molecule has 0 unspecified atom stereocenters. The molecule has 2 N–H and O–H groups in total. The monoisotopic (exact) mass is 369 g/mol. The molecule has 0 saturated carbocycles. The molecule has 3 nitrogen and oxygen atoms in total. The van der Waals surface area contributed by atoms with Crippen molar-refractivity contribution in [2.24, 2.45) is 5.73 Å². The Bertz CT molecular complexity index is 619. The summed E-state index contributed by atoms with van der Waals surface area (Å²) in [4.78, 5) is 0. The van der Waals surface area contributed by atoms with E-state index in [0.29, 0.717) is 29.7 Å². The van der Waals surface area contributed by atoms with Gasteiger partial charge >= 0.3 is 0 Å². The summed E-state index contributed by atoms with van der Waals surface area (Å²) < 4.78 is 12.1. The first-order valence-electron chi connectivity index (χ1n) is 6.57. The van der Waals surface area contributed by atoms with Gasteiger partial charge in [-0.25, -0.2) is 0 Å². The fourth-order valence-electron chi connectivity index (χ4n) is 2.01. The molecule has 2 aromatic carbocycles. The smallest absolute Gasteiger partial charge is 0.175 e. The Kier molecular flexibility index (Phi) is 5.91. The number of halogens is 2. The second kappa shape index (κ2) is 7.69. The summed E-state index contributed by atoms with van der Waals surface area (Å²) >= 11 is 9.50. The van der Waals surface area contributed by atoms with Crippen molar-refractivity contribution in [3.05, 3.63) is 57.0 Å². The summed E-state index contributed by atoms with van der Waals surface area (Å²) in [5.74, 6) is 1.37. The van der Waals surface area contributed by atoms with Gasteiger partial charge in [0.05, 0.1) is 11.6 Å². The van der Waals surface area contributed by atoms with Gasteiger partial charge in [-0.2, -0.15) is 0 Å². The lowest BCUT2D eigenvalue weighted by Gasteiger charge is -2.14. The number of nitrogens with two attached hydrogens (primary N) is 1. The number of ether oxygens (including phenoxy) is 2. The van der Waals surface area contributed by atoms with Gasteiger partial charge in [0.25, 0.3) is 0 Å². The minimum Gasteiger partial charge on any atom is -0.493 e. The van der Waals surface area contributed by atoms with Crippen molar-refractivity contribution in [3.8, 4) is 11.5 Å². The van der Waals surface area contributed by atoms with Gasteiger partial charge in [0.2, 0.25) is 0 Å². The third kappa shape index (κ3) is 4.37. The largest absolute Gasteiger partial charge is 0.493 e. The van der Waals surface area contributed by atoms with Crippen LogP contribution in [0.1, 0.15) is 11.1 Å². The van der Waals surface area contributed by atoms with Crippen LogP contribution in [0.3, 0.4) is 0 Å². The number of benzene rings is 2. The summed E-state index contributed by atoms with van der Waals surface area (Å²) in [6.07, 6.45) is 0.795. The Hall–Kier alpha value is -1.23. The molecule has 0 aliphatic heterocycles. The molecule has 0 aliphatic rings. The van der Waals surface area contributed by atoms with Crippen LogP contribution in [0, 0.1) is 0 Å². The van der Waals surface area contributed by atoms with E-state index in [0.717, 1.165) is 22.0 Å². The Morgan fingerprint density at radius 2 is 2.00 bits per heavy atom. The predicted octanol–water partition coefficient (Wildman–Crippen LogP) is 4.19. The summed E-state index contributed by atoms with van der Waals surface area (Å²) in [5.41, 5.74) is 7.70. The molecule has 0 heterocycles. The zero-order valence-electron chi connectivity index (χ0n) is 11.7. The second-order valence-electron chi connectivity index (χ2n) is 4.57. The van der Waals surface area contributed by atoms with Gasteiger partial charge in [0.1, 0.15) is 6.61 Å². The zero-order valence-corrected chi connectivity index (χ0v) is 14.1. The molecule has 0 spiro atoms. The van der Waals surface area contributed by atoms with Crippen LogP contribution in [0.25, 0.3) is 0 Å². The van der Waals surface area contributed by atoms with Crippen molar-refractivity contribution in [2.75, 3.05) is 13.7 Å². The van der Waals surface area contributed by atoms with E-state index in [9.17, 15) is 0 Å². The molecule has 0 fully saturated rings. The summed E-state index contributed by atoms with van der Waals surface area (Å²) in [5, 5.41) is 0.695. The fourth-order valence-corrected chi connectivity index (χ4v) is 2.82. The van der Waals surface area contributed by atoms with E-state index in [4.69, 9.17) is 26.8 Å². The van der Waals surface area contributed by atoms with Gasteiger partial charge < -0.3 is 15.2 Å². The van der Waals surface area contributed by atoms with E-state index in [-0.39, 0.29) is 0 Å². The van der Waals surface area contributed by atoms with Gasteiger partial charge in [0.15, 0.2) is 11.5 Å². The van der Waals surface area contributed by atoms with Crippen LogP contribution >= 0.6 is 27.5 Å². The fraction of sp³-hybridized carbons (Fsp3) is 0.250. The Morgan fingerprint density at radius 1 is 1.19 bits per heavy atom. The van der Waals surface area contributed by atoms with Gasteiger partial charge in [-0.1, -0.05) is 23.7 Å². The van der Waals surface area contributed by atoms with E-state index >= 15 is 0 Å². The molecular formula is C16H17BrClNO2. The van der Waals surface area contributed by atoms with Gasteiger partial charge in [0, 0.05) is 5.02 Å². The molecule has 0 atom stereocenters. The molecule has 0 aromatic heterocycles. The first kappa shape index (κ1) is 16.1. The van der Waals surface area contributed by atoms with Crippen LogP contribution in [0.5, 0.6) is 11.5 Å². The maximum atomic E-state index is 5.97. The van der Waals surface area contributed by atoms with E-state index in [1.54, 1.807) is 7.11 Å². The molecular weight excluding hydrogens is 354 g/mol. The molecule has 21 heavy (non-hydrogen) atoms. The number of hydrogen-bond acceptors (Lipinski definition) is 3. The Balaban J connectivity index is 2.19. The molecule has 2 aromatic rings. The topological polar surface area (TPSA) is 44.5 Å². The quantitative estimate of drug-likeness (QED) is 0.829. The van der Waals surface area contributed by atoms with Crippen LogP contribution in [0.15, 0.2) is 40.9 Å². The Morgan fingerprint density at radius 3 is 2.67 bits per heavy atom. The molecule has 0 aliphatic carbocycles. The standard InChI is InChI=1S/C16H17BrClNO2/c1-20-15-9-11(5-6-19)8-14(17)16(15)21-10-12-3-2-4-13(18)7-12/h2-4,7-9H,5-6,10,19H2,1H3. The van der Waals surface area contributed by atoms with Gasteiger partial charge in [-0.3, -0.25) is 0 Å². The lowest BCUT2D eigenvalue weighted by Crippen LogP contribution is -2.04. The lowest BCUT2D eigenvalue weighted by atomic mass is 10.1. The van der Waals surface area contributed by atoms with Crippen molar-refractivity contribution in [1.82, 2.24) is 0 Å². The molecule has 0 saturated heterocycles. The van der Waals surface area contributed by atoms with E-state index in [1.165, 1.54) is 0 Å². The highest BCUT2D eigenvalue weighted by molar-refractivity contribution is 9.10. The molecule has 0 amide bonds. The van der Waals surface area contributed by atoms with Crippen molar-refractivity contribution in [1.29, 1.82) is 0 Å². The third-order valence-electron chi connectivity index (χ3n) is 2.99. The number of hydrogen-bond donors (Lipinski definition) is 1. The highest BCUT2D eigenvalue weighted by atomic mass is 79.9. The van der Waals surface area contributed by atoms with Crippen molar-refractivity contribution in [2.45, 2.75) is 13.0 Å². The third-order valence-corrected chi connectivity index (χ3v) is 3.82. The number of methoxy groups -OCH3 is 1. The average molecular weight is 371 g/mol. The van der Waals surface area contributed by atoms with Crippen molar-refractivity contribution < 1.29 is 9.47 Å². The maximum absolute atomic E-state index is 5.97. The SMILES string of the molecule is COc1cc(CCN)cc(Br)c1OCc1cccc(Cl)c1. The van der Waals surface area contributed by atoms with Crippen LogP contribution in [-0.4, -0.2) is 13.7 Å². The first-order chi connectivity index (χ1) is 10.1. The highest BCUT2D eigenvalue weighted by Gasteiger charge is 2.12. The van der Waals surface area contributed by atoms with E-state index < -0.39 is 0 Å². The predicted molar refractivity (Wildman–Crippen MR) is 89.2 cm³/mol. The normalized spacial score (nSPS) is 10.5. The van der Waals surface area contributed by atoms with Gasteiger partial charge in [-0.05, 0) is 64.3 Å². The van der Waals surface area contributed by atoms with Crippen LogP contribution in [0.4, 0.5) is 0 Å². The minimum absolute atomic E-state index is 0.422. The Labute approximate surface area is 138 Å². The molecule has 2 rings (SSSR count). The van der Waals surface area contributed by atoms with E-state index in [1.807, 2.05) is 36.4 Å². The van der Waals surface area contributed by atoms with Crippen LogP contribution < -0.4 is 15.2 Å². The highest BCUT2D eigenvalue weighted by Crippen LogP contribution is 2.37. The lowest BCUT2D eigenvalue weighted by molar-refractivity contribution is 0.282. The molecule has 0 bridgehead atoms. The molecule has 112 valence electrons. The summed E-state index contributed by atoms with van der Waals surface area (Å²) in [6, 6.07) is 11.5. The van der Waals surface area contributed by atoms with Crippen molar-refractivity contribution >= 4 is 27.5 Å². The van der Waals surface area contributed by atoms with E-state index in [2.05, 4.69) is 15.9 Å². The second-order valence-corrected chi connectivity index (χ2v) is 5.86. The van der Waals surface area contributed by atoms with Crippen LogP contribution in [0.2, 0.25) is 5.02 Å². The minimum atomic E-state index is 0.422.